The Morgan fingerprint density at radius 3 is 2.89 bits per heavy atom. The van der Waals surface area contributed by atoms with E-state index in [1.165, 1.54) is 11.1 Å². The molecule has 1 aliphatic carbocycles. The number of rotatable bonds is 3. The minimum atomic E-state index is -0.391. The fourth-order valence-electron chi connectivity index (χ4n) is 2.91. The van der Waals surface area contributed by atoms with Crippen molar-refractivity contribution in [1.82, 2.24) is 14.7 Å². The average Bonchev–Trinajstić information content (AvgIpc) is 2.94. The van der Waals surface area contributed by atoms with Gasteiger partial charge in [0.2, 0.25) is 0 Å². The number of aliphatic hydroxyl groups is 1. The normalized spacial score (nSPS) is 21.9. The van der Waals surface area contributed by atoms with Crippen LogP contribution < -0.4 is 0 Å². The fraction of sp³-hybridized carbons (Fsp3) is 0.400. The van der Waals surface area contributed by atoms with Crippen LogP contribution in [-0.2, 0) is 20.0 Å². The standard InChI is InChI=1S/C15H19N3O/c1-17(9-11-8-16-18(2)10-11)14-7-12-5-3-4-6-13(12)15(14)19/h3-6,8,10,14-15,19H,7,9H2,1-2H3. The van der Waals surface area contributed by atoms with Crippen LogP contribution in [0.25, 0.3) is 0 Å². The van der Waals surface area contributed by atoms with Crippen molar-refractivity contribution in [2.45, 2.75) is 25.1 Å². The molecule has 2 unspecified atom stereocenters. The first kappa shape index (κ1) is 12.4. The lowest BCUT2D eigenvalue weighted by molar-refractivity contribution is 0.0721. The highest BCUT2D eigenvalue weighted by Crippen LogP contribution is 2.34. The minimum absolute atomic E-state index is 0.151. The third-order valence-electron chi connectivity index (χ3n) is 3.92. The summed E-state index contributed by atoms with van der Waals surface area (Å²) in [6.07, 6.45) is 4.42. The summed E-state index contributed by atoms with van der Waals surface area (Å²) >= 11 is 0. The molecule has 4 nitrogen and oxygen atoms in total. The quantitative estimate of drug-likeness (QED) is 0.906. The number of likely N-dealkylation sites (N-methyl/N-ethyl adjacent to an activating group) is 1. The Bertz CT molecular complexity index is 578. The van der Waals surface area contributed by atoms with Crippen molar-refractivity contribution in [3.63, 3.8) is 0 Å². The van der Waals surface area contributed by atoms with E-state index in [1.807, 2.05) is 42.3 Å². The monoisotopic (exact) mass is 257 g/mol. The zero-order chi connectivity index (χ0) is 13.4. The lowest BCUT2D eigenvalue weighted by Gasteiger charge is -2.26. The Morgan fingerprint density at radius 1 is 1.42 bits per heavy atom. The van der Waals surface area contributed by atoms with Gasteiger partial charge in [-0.25, -0.2) is 0 Å². The first-order chi connectivity index (χ1) is 9.15. The zero-order valence-corrected chi connectivity index (χ0v) is 11.3. The molecule has 0 saturated carbocycles. The summed E-state index contributed by atoms with van der Waals surface area (Å²) in [6.45, 7) is 0.809. The summed E-state index contributed by atoms with van der Waals surface area (Å²) in [6, 6.07) is 8.31. The molecule has 0 radical (unpaired) electrons. The van der Waals surface area contributed by atoms with Crippen LogP contribution in [0.1, 0.15) is 22.8 Å². The van der Waals surface area contributed by atoms with Gasteiger partial charge in [-0.1, -0.05) is 24.3 Å². The molecule has 1 aliphatic rings. The summed E-state index contributed by atoms with van der Waals surface area (Å²) < 4.78 is 1.81. The van der Waals surface area contributed by atoms with E-state index in [4.69, 9.17) is 0 Å². The maximum Gasteiger partial charge on any atom is 0.0951 e. The molecular formula is C15H19N3O. The van der Waals surface area contributed by atoms with Crippen molar-refractivity contribution in [3.8, 4) is 0 Å². The molecule has 0 spiro atoms. The lowest BCUT2D eigenvalue weighted by atomic mass is 10.1. The minimum Gasteiger partial charge on any atom is -0.387 e. The van der Waals surface area contributed by atoms with E-state index < -0.39 is 6.10 Å². The number of nitrogens with zero attached hydrogens (tertiary/aromatic N) is 3. The molecule has 1 N–H and O–H groups in total. The van der Waals surface area contributed by atoms with Crippen LogP contribution in [0, 0.1) is 0 Å². The molecule has 0 fully saturated rings. The van der Waals surface area contributed by atoms with E-state index in [9.17, 15) is 5.11 Å². The number of aryl methyl sites for hydroxylation is 1. The molecule has 1 aromatic heterocycles. The molecule has 1 aromatic carbocycles. The Hall–Kier alpha value is -1.65. The molecule has 0 saturated heterocycles. The van der Waals surface area contributed by atoms with Crippen molar-refractivity contribution in [2.75, 3.05) is 7.05 Å². The van der Waals surface area contributed by atoms with Crippen molar-refractivity contribution in [2.24, 2.45) is 7.05 Å². The summed E-state index contributed by atoms with van der Waals surface area (Å²) in [5, 5.41) is 14.6. The van der Waals surface area contributed by atoms with Crippen LogP contribution in [0.5, 0.6) is 0 Å². The molecule has 3 rings (SSSR count). The second kappa shape index (κ2) is 4.79. The van der Waals surface area contributed by atoms with Gasteiger partial charge in [-0.05, 0) is 24.6 Å². The molecular weight excluding hydrogens is 238 g/mol. The highest BCUT2D eigenvalue weighted by atomic mass is 16.3. The van der Waals surface area contributed by atoms with Gasteiger partial charge in [0.1, 0.15) is 0 Å². The molecule has 0 bridgehead atoms. The predicted molar refractivity (Wildman–Crippen MR) is 73.6 cm³/mol. The Labute approximate surface area is 113 Å². The zero-order valence-electron chi connectivity index (χ0n) is 11.3. The van der Waals surface area contributed by atoms with Crippen LogP contribution in [0.3, 0.4) is 0 Å². The molecule has 0 amide bonds. The summed E-state index contributed by atoms with van der Waals surface area (Å²) in [7, 11) is 3.98. The Morgan fingerprint density at radius 2 is 2.21 bits per heavy atom. The number of benzene rings is 1. The van der Waals surface area contributed by atoms with Crippen LogP contribution in [0.15, 0.2) is 36.7 Å². The lowest BCUT2D eigenvalue weighted by Crippen LogP contribution is -2.34. The second-order valence-electron chi connectivity index (χ2n) is 5.35. The van der Waals surface area contributed by atoms with E-state index in [-0.39, 0.29) is 6.04 Å². The van der Waals surface area contributed by atoms with Gasteiger partial charge in [0, 0.05) is 31.4 Å². The van der Waals surface area contributed by atoms with Crippen molar-refractivity contribution in [3.05, 3.63) is 53.3 Å². The van der Waals surface area contributed by atoms with Gasteiger partial charge < -0.3 is 5.11 Å². The van der Waals surface area contributed by atoms with E-state index in [0.29, 0.717) is 0 Å². The third kappa shape index (κ3) is 2.29. The highest BCUT2D eigenvalue weighted by molar-refractivity contribution is 5.35. The van der Waals surface area contributed by atoms with Gasteiger partial charge in [0.25, 0.3) is 0 Å². The molecule has 2 aromatic rings. The summed E-state index contributed by atoms with van der Waals surface area (Å²) in [5.74, 6) is 0. The van der Waals surface area contributed by atoms with E-state index in [1.54, 1.807) is 0 Å². The van der Waals surface area contributed by atoms with Crippen molar-refractivity contribution < 1.29 is 5.11 Å². The first-order valence-electron chi connectivity index (χ1n) is 6.59. The smallest absolute Gasteiger partial charge is 0.0951 e. The highest BCUT2D eigenvalue weighted by Gasteiger charge is 2.33. The van der Waals surface area contributed by atoms with Crippen LogP contribution in [0.4, 0.5) is 0 Å². The van der Waals surface area contributed by atoms with Gasteiger partial charge in [0.05, 0.1) is 12.3 Å². The van der Waals surface area contributed by atoms with E-state index in [2.05, 4.69) is 23.1 Å². The van der Waals surface area contributed by atoms with Crippen LogP contribution >= 0.6 is 0 Å². The number of hydrogen-bond donors (Lipinski definition) is 1. The van der Waals surface area contributed by atoms with Crippen molar-refractivity contribution >= 4 is 0 Å². The fourth-order valence-corrected chi connectivity index (χ4v) is 2.91. The molecule has 1 heterocycles. The second-order valence-corrected chi connectivity index (χ2v) is 5.35. The van der Waals surface area contributed by atoms with Crippen LogP contribution in [0.2, 0.25) is 0 Å². The van der Waals surface area contributed by atoms with E-state index in [0.717, 1.165) is 18.5 Å². The predicted octanol–water partition coefficient (Wildman–Crippen LogP) is 1.51. The molecule has 2 atom stereocenters. The number of aliphatic hydroxyl groups excluding tert-OH is 1. The van der Waals surface area contributed by atoms with Crippen LogP contribution in [-0.4, -0.2) is 32.9 Å². The summed E-state index contributed by atoms with van der Waals surface area (Å²) in [5.41, 5.74) is 3.51. The van der Waals surface area contributed by atoms with Gasteiger partial charge in [-0.2, -0.15) is 5.10 Å². The van der Waals surface area contributed by atoms with Gasteiger partial charge in [-0.3, -0.25) is 9.58 Å². The third-order valence-corrected chi connectivity index (χ3v) is 3.92. The summed E-state index contributed by atoms with van der Waals surface area (Å²) in [4.78, 5) is 2.21. The topological polar surface area (TPSA) is 41.3 Å². The average molecular weight is 257 g/mol. The first-order valence-corrected chi connectivity index (χ1v) is 6.59. The van der Waals surface area contributed by atoms with Gasteiger partial charge >= 0.3 is 0 Å². The number of aromatic nitrogens is 2. The number of fused-ring (bicyclic) bond motifs is 1. The van der Waals surface area contributed by atoms with E-state index >= 15 is 0 Å². The van der Waals surface area contributed by atoms with Gasteiger partial charge in [0.15, 0.2) is 0 Å². The SMILES string of the molecule is CN(Cc1cnn(C)c1)C1Cc2ccccc2C1O. The Kier molecular flexibility index (Phi) is 3.12. The maximum atomic E-state index is 10.4. The van der Waals surface area contributed by atoms with Crippen molar-refractivity contribution in [1.29, 1.82) is 0 Å². The molecule has 100 valence electrons. The van der Waals surface area contributed by atoms with Gasteiger partial charge in [-0.15, -0.1) is 0 Å². The molecule has 4 heteroatoms. The molecule has 0 aliphatic heterocycles. The molecule has 19 heavy (non-hydrogen) atoms. The Balaban J connectivity index is 1.74. The number of hydrogen-bond acceptors (Lipinski definition) is 3. The largest absolute Gasteiger partial charge is 0.387 e. The maximum absolute atomic E-state index is 10.4.